The van der Waals surface area contributed by atoms with Gasteiger partial charge >= 0.3 is 12.0 Å². The van der Waals surface area contributed by atoms with Crippen LogP contribution in [0, 0.1) is 0 Å². The first-order valence-electron chi connectivity index (χ1n) is 7.90. The highest BCUT2D eigenvalue weighted by molar-refractivity contribution is 5.82. The van der Waals surface area contributed by atoms with Crippen molar-refractivity contribution >= 4 is 12.0 Å². The number of hydrogen-bond acceptors (Lipinski definition) is 3. The molecule has 21 heavy (non-hydrogen) atoms. The Kier molecular flexibility index (Phi) is 7.50. The van der Waals surface area contributed by atoms with Crippen LogP contribution in [0.15, 0.2) is 0 Å². The molecule has 0 spiro atoms. The lowest BCUT2D eigenvalue weighted by Crippen LogP contribution is -2.51. The zero-order valence-electron chi connectivity index (χ0n) is 13.5. The van der Waals surface area contributed by atoms with Gasteiger partial charge in [-0.25, -0.2) is 9.59 Å². The molecule has 1 unspecified atom stereocenters. The fourth-order valence-corrected chi connectivity index (χ4v) is 2.74. The molecule has 6 nitrogen and oxygen atoms in total. The molecule has 0 bridgehead atoms. The number of hydrogen-bond donors (Lipinski definition) is 1. The molecular formula is C15H29N3O3. The van der Waals surface area contributed by atoms with E-state index in [2.05, 4.69) is 4.90 Å². The first kappa shape index (κ1) is 17.8. The Morgan fingerprint density at radius 1 is 1.19 bits per heavy atom. The van der Waals surface area contributed by atoms with Crippen molar-refractivity contribution in [3.63, 3.8) is 0 Å². The molecule has 1 heterocycles. The van der Waals surface area contributed by atoms with Crippen molar-refractivity contribution in [3.05, 3.63) is 0 Å². The number of likely N-dealkylation sites (tertiary alicyclic amines) is 1. The number of carboxylic acids is 1. The third-order valence-electron chi connectivity index (χ3n) is 3.97. The van der Waals surface area contributed by atoms with Crippen molar-refractivity contribution < 1.29 is 14.7 Å². The highest BCUT2D eigenvalue weighted by Gasteiger charge is 2.32. The maximum atomic E-state index is 12.6. The molecule has 1 fully saturated rings. The Labute approximate surface area is 127 Å². The van der Waals surface area contributed by atoms with E-state index in [1.807, 2.05) is 21.0 Å². The van der Waals surface area contributed by atoms with Gasteiger partial charge in [-0.2, -0.15) is 0 Å². The minimum Gasteiger partial charge on any atom is -0.480 e. The summed E-state index contributed by atoms with van der Waals surface area (Å²) in [7, 11) is 4.01. The van der Waals surface area contributed by atoms with Gasteiger partial charge < -0.3 is 19.8 Å². The minimum absolute atomic E-state index is 0.120. The molecule has 6 heteroatoms. The van der Waals surface area contributed by atoms with Crippen molar-refractivity contribution in [2.75, 3.05) is 40.3 Å². The molecule has 1 rings (SSSR count). The van der Waals surface area contributed by atoms with E-state index in [1.54, 1.807) is 9.80 Å². The molecule has 0 aromatic heterocycles. The molecule has 0 aromatic rings. The molecule has 0 aliphatic carbocycles. The van der Waals surface area contributed by atoms with E-state index >= 15 is 0 Å². The molecule has 122 valence electrons. The van der Waals surface area contributed by atoms with Crippen molar-refractivity contribution in [2.45, 2.75) is 45.1 Å². The summed E-state index contributed by atoms with van der Waals surface area (Å²) < 4.78 is 0. The summed E-state index contributed by atoms with van der Waals surface area (Å²) in [4.78, 5) is 29.5. The topological polar surface area (TPSA) is 64.1 Å². The third-order valence-corrected chi connectivity index (χ3v) is 3.97. The summed E-state index contributed by atoms with van der Waals surface area (Å²) in [5, 5.41) is 9.37. The van der Waals surface area contributed by atoms with Gasteiger partial charge in [0.05, 0.1) is 0 Å². The molecule has 0 aromatic carbocycles. The molecule has 1 atom stereocenters. The number of carbonyl (C=O) groups is 2. The standard InChI is InChI=1S/C15H29N3O3/c1-4-17(11-8-10-16(2)3)15(21)18-12-7-5-6-9-13(18)14(19)20/h13H,4-12H2,1-3H3,(H,19,20). The summed E-state index contributed by atoms with van der Waals surface area (Å²) in [5.74, 6) is -0.880. The maximum Gasteiger partial charge on any atom is 0.326 e. The Balaban J connectivity index is 2.68. The lowest BCUT2D eigenvalue weighted by atomic mass is 10.1. The van der Waals surface area contributed by atoms with E-state index in [1.165, 1.54) is 0 Å². The lowest BCUT2D eigenvalue weighted by Gasteiger charge is -2.33. The predicted molar refractivity (Wildman–Crippen MR) is 82.4 cm³/mol. The predicted octanol–water partition coefficient (Wildman–Crippen LogP) is 1.71. The summed E-state index contributed by atoms with van der Waals surface area (Å²) in [5.41, 5.74) is 0. The van der Waals surface area contributed by atoms with Crippen LogP contribution in [-0.4, -0.2) is 78.1 Å². The number of carboxylic acid groups (broad SMARTS) is 1. The molecule has 1 aliphatic heterocycles. The fourth-order valence-electron chi connectivity index (χ4n) is 2.74. The van der Waals surface area contributed by atoms with Crippen LogP contribution < -0.4 is 0 Å². The molecular weight excluding hydrogens is 270 g/mol. The molecule has 1 saturated heterocycles. The van der Waals surface area contributed by atoms with Crippen LogP contribution in [0.3, 0.4) is 0 Å². The summed E-state index contributed by atoms with van der Waals surface area (Å²) in [6.45, 7) is 4.72. The van der Waals surface area contributed by atoms with Gasteiger partial charge in [0, 0.05) is 19.6 Å². The monoisotopic (exact) mass is 299 g/mol. The van der Waals surface area contributed by atoms with Crippen molar-refractivity contribution in [3.8, 4) is 0 Å². The van der Waals surface area contributed by atoms with Crippen molar-refractivity contribution in [2.24, 2.45) is 0 Å². The quantitative estimate of drug-likeness (QED) is 0.811. The second-order valence-corrected chi connectivity index (χ2v) is 5.92. The average Bonchev–Trinajstić information content (AvgIpc) is 2.68. The molecule has 0 saturated carbocycles. The Hall–Kier alpha value is -1.30. The van der Waals surface area contributed by atoms with Gasteiger partial charge in [0.1, 0.15) is 6.04 Å². The largest absolute Gasteiger partial charge is 0.480 e. The van der Waals surface area contributed by atoms with Gasteiger partial charge in [-0.1, -0.05) is 12.8 Å². The van der Waals surface area contributed by atoms with Gasteiger partial charge in [0.15, 0.2) is 0 Å². The van der Waals surface area contributed by atoms with E-state index in [4.69, 9.17) is 0 Å². The van der Waals surface area contributed by atoms with Crippen LogP contribution in [0.5, 0.6) is 0 Å². The first-order valence-corrected chi connectivity index (χ1v) is 7.90. The van der Waals surface area contributed by atoms with E-state index in [-0.39, 0.29) is 6.03 Å². The normalized spacial score (nSPS) is 19.4. The summed E-state index contributed by atoms with van der Waals surface area (Å²) in [6.07, 6.45) is 4.24. The number of nitrogens with zero attached hydrogens (tertiary/aromatic N) is 3. The maximum absolute atomic E-state index is 12.6. The average molecular weight is 299 g/mol. The van der Waals surface area contributed by atoms with Crippen LogP contribution in [0.2, 0.25) is 0 Å². The van der Waals surface area contributed by atoms with E-state index < -0.39 is 12.0 Å². The summed E-state index contributed by atoms with van der Waals surface area (Å²) >= 11 is 0. The van der Waals surface area contributed by atoms with Crippen LogP contribution in [0.25, 0.3) is 0 Å². The van der Waals surface area contributed by atoms with Gasteiger partial charge in [0.2, 0.25) is 0 Å². The van der Waals surface area contributed by atoms with Crippen LogP contribution in [-0.2, 0) is 4.79 Å². The molecule has 2 amide bonds. The minimum atomic E-state index is -0.880. The van der Waals surface area contributed by atoms with Gasteiger partial charge in [-0.05, 0) is 46.8 Å². The van der Waals surface area contributed by atoms with Gasteiger partial charge in [0.25, 0.3) is 0 Å². The highest BCUT2D eigenvalue weighted by atomic mass is 16.4. The van der Waals surface area contributed by atoms with Crippen LogP contribution >= 0.6 is 0 Å². The summed E-state index contributed by atoms with van der Waals surface area (Å²) in [6, 6.07) is -0.784. The second-order valence-electron chi connectivity index (χ2n) is 5.92. The molecule has 0 radical (unpaired) electrons. The third kappa shape index (κ3) is 5.53. The van der Waals surface area contributed by atoms with Crippen molar-refractivity contribution in [1.82, 2.24) is 14.7 Å². The number of carbonyl (C=O) groups excluding carboxylic acids is 1. The SMILES string of the molecule is CCN(CCCN(C)C)C(=O)N1CCCCCC1C(=O)O. The molecule has 1 aliphatic rings. The number of rotatable bonds is 6. The van der Waals surface area contributed by atoms with Gasteiger partial charge in [-0.15, -0.1) is 0 Å². The zero-order chi connectivity index (χ0) is 15.8. The fraction of sp³-hybridized carbons (Fsp3) is 0.867. The van der Waals surface area contributed by atoms with E-state index in [0.29, 0.717) is 26.1 Å². The zero-order valence-corrected chi connectivity index (χ0v) is 13.5. The van der Waals surface area contributed by atoms with Crippen molar-refractivity contribution in [1.29, 1.82) is 0 Å². The van der Waals surface area contributed by atoms with Crippen LogP contribution in [0.4, 0.5) is 4.79 Å². The van der Waals surface area contributed by atoms with E-state index in [9.17, 15) is 14.7 Å². The Morgan fingerprint density at radius 2 is 1.90 bits per heavy atom. The number of aliphatic carboxylic acids is 1. The van der Waals surface area contributed by atoms with E-state index in [0.717, 1.165) is 32.2 Å². The van der Waals surface area contributed by atoms with Gasteiger partial charge in [-0.3, -0.25) is 0 Å². The Bertz CT molecular complexity index is 347. The first-order chi connectivity index (χ1) is 9.97. The second kappa shape index (κ2) is 8.87. The van der Waals surface area contributed by atoms with Crippen LogP contribution in [0.1, 0.15) is 39.0 Å². The highest BCUT2D eigenvalue weighted by Crippen LogP contribution is 2.19. The number of urea groups is 1. The molecule has 1 N–H and O–H groups in total. The number of amides is 2. The Morgan fingerprint density at radius 3 is 2.48 bits per heavy atom. The smallest absolute Gasteiger partial charge is 0.326 e. The lowest BCUT2D eigenvalue weighted by molar-refractivity contribution is -0.142.